The van der Waals surface area contributed by atoms with Crippen molar-refractivity contribution in [2.75, 3.05) is 0 Å². The SMILES string of the molecule is CCC1(C(=O)OC2CCC2)OC12CCC2. The molecule has 3 aliphatic rings. The van der Waals surface area contributed by atoms with Gasteiger partial charge in [0.1, 0.15) is 11.7 Å². The zero-order valence-electron chi connectivity index (χ0n) is 9.25. The second-order valence-corrected chi connectivity index (χ2v) is 5.09. The van der Waals surface area contributed by atoms with Crippen LogP contribution in [0.15, 0.2) is 0 Å². The van der Waals surface area contributed by atoms with Crippen molar-refractivity contribution in [3.8, 4) is 0 Å². The molecule has 0 aromatic rings. The summed E-state index contributed by atoms with van der Waals surface area (Å²) in [6.45, 7) is 2.02. The molecule has 84 valence electrons. The van der Waals surface area contributed by atoms with Crippen LogP contribution in [0.1, 0.15) is 51.9 Å². The number of carbonyl (C=O) groups excluding carboxylic acids is 1. The van der Waals surface area contributed by atoms with E-state index in [-0.39, 0.29) is 17.7 Å². The van der Waals surface area contributed by atoms with E-state index in [0.717, 1.165) is 32.1 Å². The first-order chi connectivity index (χ1) is 7.22. The summed E-state index contributed by atoms with van der Waals surface area (Å²) in [5.74, 6) is -0.0885. The molecule has 0 radical (unpaired) electrons. The Bertz CT molecular complexity index is 291. The third-order valence-electron chi connectivity index (χ3n) is 4.38. The van der Waals surface area contributed by atoms with E-state index in [1.54, 1.807) is 0 Å². The molecule has 1 unspecified atom stereocenters. The van der Waals surface area contributed by atoms with E-state index in [1.807, 2.05) is 6.92 Å². The fourth-order valence-corrected chi connectivity index (χ4v) is 2.81. The van der Waals surface area contributed by atoms with Crippen molar-refractivity contribution in [1.29, 1.82) is 0 Å². The van der Waals surface area contributed by atoms with Crippen LogP contribution in [0.4, 0.5) is 0 Å². The van der Waals surface area contributed by atoms with Gasteiger partial charge in [-0.15, -0.1) is 0 Å². The number of esters is 1. The maximum Gasteiger partial charge on any atom is 0.341 e. The predicted molar refractivity (Wildman–Crippen MR) is 54.4 cm³/mol. The maximum atomic E-state index is 12.0. The highest BCUT2D eigenvalue weighted by atomic mass is 16.7. The maximum absolute atomic E-state index is 12.0. The van der Waals surface area contributed by atoms with Crippen LogP contribution in [0.25, 0.3) is 0 Å². The highest BCUT2D eigenvalue weighted by Gasteiger charge is 2.76. The van der Waals surface area contributed by atoms with Crippen LogP contribution < -0.4 is 0 Å². The van der Waals surface area contributed by atoms with Gasteiger partial charge >= 0.3 is 5.97 Å². The van der Waals surface area contributed by atoms with Gasteiger partial charge in [-0.05, 0) is 44.9 Å². The van der Waals surface area contributed by atoms with Crippen LogP contribution in [0.2, 0.25) is 0 Å². The number of epoxide rings is 1. The molecule has 1 saturated heterocycles. The van der Waals surface area contributed by atoms with Gasteiger partial charge in [0.15, 0.2) is 5.60 Å². The average molecular weight is 210 g/mol. The van der Waals surface area contributed by atoms with E-state index >= 15 is 0 Å². The first-order valence-corrected chi connectivity index (χ1v) is 6.14. The van der Waals surface area contributed by atoms with Gasteiger partial charge in [-0.1, -0.05) is 6.92 Å². The Morgan fingerprint density at radius 1 is 1.40 bits per heavy atom. The van der Waals surface area contributed by atoms with Gasteiger partial charge in [0, 0.05) is 0 Å². The fraction of sp³-hybridized carbons (Fsp3) is 0.917. The molecule has 0 aromatic heterocycles. The van der Waals surface area contributed by atoms with Gasteiger partial charge < -0.3 is 9.47 Å². The Balaban J connectivity index is 1.66. The van der Waals surface area contributed by atoms with Crippen LogP contribution in [0, 0.1) is 0 Å². The molecule has 3 nitrogen and oxygen atoms in total. The van der Waals surface area contributed by atoms with Crippen LogP contribution in [-0.4, -0.2) is 23.3 Å². The minimum absolute atomic E-state index is 0.0885. The fourth-order valence-electron chi connectivity index (χ4n) is 2.81. The smallest absolute Gasteiger partial charge is 0.341 e. The van der Waals surface area contributed by atoms with E-state index < -0.39 is 5.60 Å². The Morgan fingerprint density at radius 3 is 2.47 bits per heavy atom. The molecular formula is C12H18O3. The molecular weight excluding hydrogens is 192 g/mol. The molecule has 0 bridgehead atoms. The van der Waals surface area contributed by atoms with Crippen molar-refractivity contribution in [1.82, 2.24) is 0 Å². The predicted octanol–water partition coefficient (Wildman–Crippen LogP) is 2.18. The standard InChI is InChI=1S/C12H18O3/c1-2-12(11(15-12)7-4-8-11)10(13)14-9-5-3-6-9/h9H,2-8H2,1H3. The third kappa shape index (κ3) is 1.13. The summed E-state index contributed by atoms with van der Waals surface area (Å²) in [6.07, 6.45) is 7.50. The van der Waals surface area contributed by atoms with Gasteiger partial charge in [0.05, 0.1) is 0 Å². The Morgan fingerprint density at radius 2 is 2.13 bits per heavy atom. The van der Waals surface area contributed by atoms with Crippen molar-refractivity contribution in [2.45, 2.75) is 69.2 Å². The molecule has 1 heterocycles. The summed E-state index contributed by atoms with van der Waals surface area (Å²) in [4.78, 5) is 12.0. The molecule has 3 fully saturated rings. The molecule has 0 aromatic carbocycles. The number of hydrogen-bond acceptors (Lipinski definition) is 3. The number of ether oxygens (including phenoxy) is 2. The summed E-state index contributed by atoms with van der Waals surface area (Å²) in [5.41, 5.74) is -0.663. The average Bonchev–Trinajstić information content (AvgIpc) is 2.81. The molecule has 3 rings (SSSR count). The monoisotopic (exact) mass is 210 g/mol. The second-order valence-electron chi connectivity index (χ2n) is 5.09. The minimum atomic E-state index is -0.555. The quantitative estimate of drug-likeness (QED) is 0.529. The topological polar surface area (TPSA) is 38.8 Å². The van der Waals surface area contributed by atoms with E-state index in [1.165, 1.54) is 12.8 Å². The minimum Gasteiger partial charge on any atom is -0.460 e. The Hall–Kier alpha value is -0.570. The first kappa shape index (κ1) is 9.64. The molecule has 1 atom stereocenters. The summed E-state index contributed by atoms with van der Waals surface area (Å²) >= 11 is 0. The van der Waals surface area contributed by atoms with Crippen LogP contribution in [0.3, 0.4) is 0 Å². The van der Waals surface area contributed by atoms with Crippen molar-refractivity contribution < 1.29 is 14.3 Å². The first-order valence-electron chi connectivity index (χ1n) is 6.14. The van der Waals surface area contributed by atoms with Crippen LogP contribution in [0.5, 0.6) is 0 Å². The molecule has 1 aliphatic heterocycles. The zero-order valence-corrected chi connectivity index (χ0v) is 9.25. The number of rotatable bonds is 3. The van der Waals surface area contributed by atoms with E-state index in [9.17, 15) is 4.79 Å². The molecule has 2 aliphatic carbocycles. The second kappa shape index (κ2) is 2.97. The van der Waals surface area contributed by atoms with E-state index in [4.69, 9.17) is 9.47 Å². The molecule has 2 saturated carbocycles. The lowest BCUT2D eigenvalue weighted by atomic mass is 9.74. The van der Waals surface area contributed by atoms with Crippen LogP contribution in [-0.2, 0) is 14.3 Å². The van der Waals surface area contributed by atoms with Gasteiger partial charge in [-0.2, -0.15) is 0 Å². The Labute approximate surface area is 90.1 Å². The lowest BCUT2D eigenvalue weighted by Crippen LogP contribution is -2.41. The summed E-state index contributed by atoms with van der Waals surface area (Å²) in [6, 6.07) is 0. The van der Waals surface area contributed by atoms with Gasteiger partial charge in [0.25, 0.3) is 0 Å². The van der Waals surface area contributed by atoms with Crippen LogP contribution >= 0.6 is 0 Å². The van der Waals surface area contributed by atoms with Crippen molar-refractivity contribution >= 4 is 5.97 Å². The van der Waals surface area contributed by atoms with Gasteiger partial charge in [-0.25, -0.2) is 4.79 Å². The van der Waals surface area contributed by atoms with Crippen molar-refractivity contribution in [3.05, 3.63) is 0 Å². The third-order valence-corrected chi connectivity index (χ3v) is 4.38. The normalized spacial score (nSPS) is 36.9. The van der Waals surface area contributed by atoms with E-state index in [2.05, 4.69) is 0 Å². The molecule has 0 amide bonds. The summed E-state index contributed by atoms with van der Waals surface area (Å²) in [7, 11) is 0. The van der Waals surface area contributed by atoms with Crippen molar-refractivity contribution in [3.63, 3.8) is 0 Å². The summed E-state index contributed by atoms with van der Waals surface area (Å²) < 4.78 is 11.2. The summed E-state index contributed by atoms with van der Waals surface area (Å²) in [5, 5.41) is 0. The molecule has 1 spiro atoms. The zero-order chi connectivity index (χ0) is 10.5. The molecule has 15 heavy (non-hydrogen) atoms. The number of hydrogen-bond donors (Lipinski definition) is 0. The van der Waals surface area contributed by atoms with Crippen molar-refractivity contribution in [2.24, 2.45) is 0 Å². The molecule has 0 N–H and O–H groups in total. The highest BCUT2D eigenvalue weighted by Crippen LogP contribution is 2.62. The molecule has 3 heteroatoms. The Kier molecular flexibility index (Phi) is 1.91. The largest absolute Gasteiger partial charge is 0.460 e. The van der Waals surface area contributed by atoms with E-state index in [0.29, 0.717) is 0 Å². The lowest BCUT2D eigenvalue weighted by molar-refractivity contribution is -0.159. The highest BCUT2D eigenvalue weighted by molar-refractivity contribution is 5.85. The van der Waals surface area contributed by atoms with Gasteiger partial charge in [-0.3, -0.25) is 0 Å². The lowest BCUT2D eigenvalue weighted by Gasteiger charge is -2.29. The number of carbonyl (C=O) groups is 1. The van der Waals surface area contributed by atoms with Gasteiger partial charge in [0.2, 0.25) is 0 Å².